The zero-order chi connectivity index (χ0) is 23.7. The zero-order valence-corrected chi connectivity index (χ0v) is 17.3. The molecule has 12 heteroatoms. The largest absolute Gasteiger partial charge is 0.416 e. The van der Waals surface area contributed by atoms with Crippen LogP contribution < -0.4 is 11.1 Å². The van der Waals surface area contributed by atoms with Crippen LogP contribution in [0.15, 0.2) is 23.2 Å². The molecule has 2 amide bonds. The van der Waals surface area contributed by atoms with Crippen molar-refractivity contribution < 1.29 is 35.9 Å². The van der Waals surface area contributed by atoms with Crippen molar-refractivity contribution in [3.05, 3.63) is 51.7 Å². The topological polar surface area (TPSA) is 85.1 Å². The predicted molar refractivity (Wildman–Crippen MR) is 103 cm³/mol. The van der Waals surface area contributed by atoms with Crippen LogP contribution in [0.1, 0.15) is 38.3 Å². The molecule has 0 fully saturated rings. The van der Waals surface area contributed by atoms with E-state index in [4.69, 9.17) is 5.73 Å². The number of nitrogens with zero attached hydrogens (tertiary/aromatic N) is 1. The van der Waals surface area contributed by atoms with E-state index < -0.39 is 46.7 Å². The second-order valence-corrected chi connectivity index (χ2v) is 7.59. The fourth-order valence-electron chi connectivity index (χ4n) is 2.66. The Bertz CT molecular complexity index is 1000. The van der Waals surface area contributed by atoms with Gasteiger partial charge in [-0.05, 0) is 50.1 Å². The van der Waals surface area contributed by atoms with E-state index in [1.165, 1.54) is 0 Å². The van der Waals surface area contributed by atoms with Crippen molar-refractivity contribution in [2.75, 3.05) is 11.1 Å². The summed E-state index contributed by atoms with van der Waals surface area (Å²) >= 11 is 0.791. The van der Waals surface area contributed by atoms with Crippen molar-refractivity contribution in [2.24, 2.45) is 5.73 Å². The van der Waals surface area contributed by atoms with Crippen molar-refractivity contribution in [3.8, 4) is 0 Å². The maximum Gasteiger partial charge on any atom is 0.416 e. The summed E-state index contributed by atoms with van der Waals surface area (Å²) in [6, 6.07) is 0.779. The summed E-state index contributed by atoms with van der Waals surface area (Å²) in [4.78, 5) is 28.2. The molecule has 31 heavy (non-hydrogen) atoms. The van der Waals surface area contributed by atoms with E-state index in [2.05, 4.69) is 4.98 Å². The van der Waals surface area contributed by atoms with Gasteiger partial charge in [0, 0.05) is 11.4 Å². The van der Waals surface area contributed by atoms with Crippen LogP contribution in [0.25, 0.3) is 0 Å². The van der Waals surface area contributed by atoms with E-state index in [-0.39, 0.29) is 16.7 Å². The number of anilines is 1. The average Bonchev–Trinajstić information content (AvgIpc) is 2.62. The number of pyridine rings is 1. The Morgan fingerprint density at radius 1 is 0.968 bits per heavy atom. The molecule has 0 aliphatic rings. The summed E-state index contributed by atoms with van der Waals surface area (Å²) in [5, 5.41) is 2.16. The number of carbonyl (C=O) groups excluding carboxylic acids is 2. The van der Waals surface area contributed by atoms with Crippen LogP contribution in [0.4, 0.5) is 32.0 Å². The van der Waals surface area contributed by atoms with Crippen molar-refractivity contribution in [2.45, 2.75) is 38.1 Å². The Hall–Kier alpha value is -2.76. The SMILES string of the molecule is Cc1nc(SCC(=O)Nc2cc(C(F)(F)F)cc(C(F)(F)F)c2)c(C(N)=O)c(C)c1C. The maximum atomic E-state index is 12.9. The molecule has 168 valence electrons. The van der Waals surface area contributed by atoms with Crippen LogP contribution in [0.3, 0.4) is 0 Å². The molecule has 2 rings (SSSR count). The number of alkyl halides is 6. The maximum absolute atomic E-state index is 12.9. The lowest BCUT2D eigenvalue weighted by molar-refractivity contribution is -0.143. The molecule has 2 aromatic rings. The van der Waals surface area contributed by atoms with Crippen molar-refractivity contribution >= 4 is 29.3 Å². The minimum absolute atomic E-state index is 0.0364. The quantitative estimate of drug-likeness (QED) is 0.487. The predicted octanol–water partition coefficient (Wildman–Crippen LogP) is 4.87. The van der Waals surface area contributed by atoms with Crippen molar-refractivity contribution in [1.82, 2.24) is 4.98 Å². The lowest BCUT2D eigenvalue weighted by Gasteiger charge is -2.15. The van der Waals surface area contributed by atoms with E-state index in [9.17, 15) is 35.9 Å². The number of hydrogen-bond donors (Lipinski definition) is 2. The Balaban J connectivity index is 2.27. The molecule has 0 bridgehead atoms. The molecule has 0 unspecified atom stereocenters. The second-order valence-electron chi connectivity index (χ2n) is 6.62. The summed E-state index contributed by atoms with van der Waals surface area (Å²) in [5.74, 6) is -2.08. The Labute approximate surface area is 177 Å². The average molecular weight is 465 g/mol. The molecule has 0 radical (unpaired) electrons. The molecule has 5 nitrogen and oxygen atoms in total. The highest BCUT2D eigenvalue weighted by Gasteiger charge is 2.37. The molecule has 0 saturated carbocycles. The van der Waals surface area contributed by atoms with Crippen LogP contribution in [-0.2, 0) is 17.1 Å². The summed E-state index contributed by atoms with van der Waals surface area (Å²) < 4.78 is 77.6. The number of rotatable bonds is 5. The molecule has 1 heterocycles. The normalized spacial score (nSPS) is 12.0. The van der Waals surface area contributed by atoms with E-state index >= 15 is 0 Å². The number of aromatic nitrogens is 1. The molecule has 0 aliphatic heterocycles. The van der Waals surface area contributed by atoms with Gasteiger partial charge in [0.25, 0.3) is 5.91 Å². The molecular formula is C19H17F6N3O2S. The van der Waals surface area contributed by atoms with Crippen LogP contribution >= 0.6 is 11.8 Å². The summed E-state index contributed by atoms with van der Waals surface area (Å²) in [6.45, 7) is 5.06. The van der Waals surface area contributed by atoms with Crippen LogP contribution in [0.5, 0.6) is 0 Å². The number of nitrogens with one attached hydrogen (secondary N) is 1. The highest BCUT2D eigenvalue weighted by Crippen LogP contribution is 2.37. The van der Waals surface area contributed by atoms with Gasteiger partial charge in [0.15, 0.2) is 0 Å². The third kappa shape index (κ3) is 5.90. The van der Waals surface area contributed by atoms with Crippen LogP contribution in [0.2, 0.25) is 0 Å². The zero-order valence-electron chi connectivity index (χ0n) is 16.5. The van der Waals surface area contributed by atoms with Gasteiger partial charge in [0.2, 0.25) is 5.91 Å². The van der Waals surface area contributed by atoms with Gasteiger partial charge in [-0.25, -0.2) is 4.98 Å². The first kappa shape index (κ1) is 24.5. The van der Waals surface area contributed by atoms with Gasteiger partial charge in [0.1, 0.15) is 5.03 Å². The number of nitrogens with two attached hydrogens (primary N) is 1. The minimum Gasteiger partial charge on any atom is -0.366 e. The lowest BCUT2D eigenvalue weighted by atomic mass is 10.0. The van der Waals surface area contributed by atoms with E-state index in [0.717, 1.165) is 17.3 Å². The summed E-state index contributed by atoms with van der Waals surface area (Å²) in [7, 11) is 0. The van der Waals surface area contributed by atoms with Gasteiger partial charge < -0.3 is 11.1 Å². The van der Waals surface area contributed by atoms with Gasteiger partial charge in [-0.3, -0.25) is 9.59 Å². The first-order valence-corrected chi connectivity index (χ1v) is 9.59. The molecule has 0 spiro atoms. The number of thioether (sulfide) groups is 1. The first-order valence-electron chi connectivity index (χ1n) is 8.61. The number of primary amides is 1. The summed E-state index contributed by atoms with van der Waals surface area (Å²) in [5.41, 5.74) is 3.59. The Kier molecular flexibility index (Phi) is 6.94. The number of carbonyl (C=O) groups is 2. The molecule has 3 N–H and O–H groups in total. The van der Waals surface area contributed by atoms with E-state index in [1.807, 2.05) is 5.32 Å². The van der Waals surface area contributed by atoms with Gasteiger partial charge in [-0.2, -0.15) is 26.3 Å². The number of benzene rings is 1. The van der Waals surface area contributed by atoms with Crippen molar-refractivity contribution in [3.63, 3.8) is 0 Å². The lowest BCUT2D eigenvalue weighted by Crippen LogP contribution is -2.19. The molecule has 0 atom stereocenters. The molecule has 0 saturated heterocycles. The fraction of sp³-hybridized carbons (Fsp3) is 0.316. The van der Waals surface area contributed by atoms with Gasteiger partial charge in [-0.15, -0.1) is 0 Å². The van der Waals surface area contributed by atoms with Crippen LogP contribution in [-0.4, -0.2) is 22.6 Å². The van der Waals surface area contributed by atoms with E-state index in [0.29, 0.717) is 23.4 Å². The Morgan fingerprint density at radius 3 is 1.94 bits per heavy atom. The molecular weight excluding hydrogens is 448 g/mol. The first-order chi connectivity index (χ1) is 14.1. The number of halogens is 6. The van der Waals surface area contributed by atoms with Gasteiger partial charge in [0.05, 0.1) is 22.4 Å². The highest BCUT2D eigenvalue weighted by molar-refractivity contribution is 8.00. The minimum atomic E-state index is -5.03. The van der Waals surface area contributed by atoms with Gasteiger partial charge in [-0.1, -0.05) is 11.8 Å². The third-order valence-electron chi connectivity index (χ3n) is 4.42. The monoisotopic (exact) mass is 465 g/mol. The Morgan fingerprint density at radius 2 is 1.48 bits per heavy atom. The molecule has 1 aromatic carbocycles. The highest BCUT2D eigenvalue weighted by atomic mass is 32.2. The standard InChI is InChI=1S/C19H17F6N3O2S/c1-8-9(2)15(16(26)30)17(27-10(8)3)31-7-14(29)28-13-5-11(18(20,21)22)4-12(6-13)19(23,24)25/h4-6H,7H2,1-3H3,(H2,26,30)(H,28,29). The number of amides is 2. The molecule has 1 aromatic heterocycles. The van der Waals surface area contributed by atoms with Crippen LogP contribution in [0, 0.1) is 20.8 Å². The number of aryl methyl sites for hydroxylation is 1. The summed E-state index contributed by atoms with van der Waals surface area (Å²) in [6.07, 6.45) is -10.1. The van der Waals surface area contributed by atoms with Crippen molar-refractivity contribution in [1.29, 1.82) is 0 Å². The van der Waals surface area contributed by atoms with E-state index in [1.54, 1.807) is 20.8 Å². The fourth-order valence-corrected chi connectivity index (χ4v) is 3.60. The number of hydrogen-bond acceptors (Lipinski definition) is 4. The smallest absolute Gasteiger partial charge is 0.366 e. The molecule has 0 aliphatic carbocycles. The third-order valence-corrected chi connectivity index (χ3v) is 5.40. The second kappa shape index (κ2) is 8.77. The van der Waals surface area contributed by atoms with Gasteiger partial charge >= 0.3 is 12.4 Å².